The van der Waals surface area contributed by atoms with Gasteiger partial charge in [-0.05, 0) is 30.3 Å². The van der Waals surface area contributed by atoms with Gasteiger partial charge in [-0.3, -0.25) is 4.31 Å². The van der Waals surface area contributed by atoms with E-state index >= 15 is 0 Å². The molecule has 1 aromatic heterocycles. The van der Waals surface area contributed by atoms with Crippen molar-refractivity contribution in [1.29, 1.82) is 0 Å². The van der Waals surface area contributed by atoms with Gasteiger partial charge in [0.15, 0.2) is 5.82 Å². The molecule has 0 saturated heterocycles. The lowest BCUT2D eigenvalue weighted by molar-refractivity contribution is -0.137. The highest BCUT2D eigenvalue weighted by atomic mass is 32.2. The van der Waals surface area contributed by atoms with Gasteiger partial charge in [-0.25, -0.2) is 13.4 Å². The summed E-state index contributed by atoms with van der Waals surface area (Å²) in [5.74, 6) is 0.173. The Labute approximate surface area is 124 Å². The van der Waals surface area contributed by atoms with Gasteiger partial charge in [0.2, 0.25) is 0 Å². The molecule has 116 valence electrons. The van der Waals surface area contributed by atoms with Crippen molar-refractivity contribution in [3.05, 3.63) is 42.1 Å². The van der Waals surface area contributed by atoms with Crippen LogP contribution >= 0.6 is 0 Å². The van der Waals surface area contributed by atoms with Gasteiger partial charge >= 0.3 is 6.18 Å². The molecular weight excluding hydrogens is 319 g/mol. The smallest absolute Gasteiger partial charge is 0.337 e. The maximum Gasteiger partial charge on any atom is 0.416 e. The van der Waals surface area contributed by atoms with Gasteiger partial charge in [-0.15, -0.1) is 0 Å². The van der Waals surface area contributed by atoms with Crippen molar-refractivity contribution in [2.75, 3.05) is 16.7 Å². The second-order valence-electron chi connectivity index (χ2n) is 4.68. The zero-order valence-corrected chi connectivity index (χ0v) is 12.0. The number of halogens is 3. The highest BCUT2D eigenvalue weighted by Crippen LogP contribution is 2.40. The molecule has 2 heterocycles. The molecule has 0 saturated carbocycles. The van der Waals surface area contributed by atoms with Crippen LogP contribution in [0.5, 0.6) is 0 Å². The van der Waals surface area contributed by atoms with Gasteiger partial charge in [0, 0.05) is 13.2 Å². The highest BCUT2D eigenvalue weighted by molar-refractivity contribution is 7.93. The monoisotopic (exact) mass is 329 g/mol. The Balaban J connectivity index is 2.28. The van der Waals surface area contributed by atoms with Gasteiger partial charge in [0.05, 0.1) is 16.9 Å². The van der Waals surface area contributed by atoms with Crippen molar-refractivity contribution >= 4 is 27.2 Å². The van der Waals surface area contributed by atoms with E-state index in [1.54, 1.807) is 6.07 Å². The first kappa shape index (κ1) is 14.6. The first-order valence-corrected chi connectivity index (χ1v) is 7.57. The van der Waals surface area contributed by atoms with Gasteiger partial charge < -0.3 is 5.32 Å². The maximum absolute atomic E-state index is 12.8. The van der Waals surface area contributed by atoms with Crippen LogP contribution in [0.15, 0.2) is 41.4 Å². The third-order valence-corrected chi connectivity index (χ3v) is 5.15. The van der Waals surface area contributed by atoms with Crippen molar-refractivity contribution in [2.45, 2.75) is 11.1 Å². The normalized spacial score (nSPS) is 16.3. The lowest BCUT2D eigenvalue weighted by Gasteiger charge is -2.18. The molecule has 5 nitrogen and oxygen atoms in total. The van der Waals surface area contributed by atoms with Gasteiger partial charge in [0.1, 0.15) is 4.90 Å². The summed E-state index contributed by atoms with van der Waals surface area (Å²) >= 11 is 0. The fourth-order valence-corrected chi connectivity index (χ4v) is 3.51. The predicted octanol–water partition coefficient (Wildman–Crippen LogP) is 2.98. The fraction of sp³-hybridized carbons (Fsp3) is 0.154. The van der Waals surface area contributed by atoms with Crippen LogP contribution in [-0.4, -0.2) is 20.4 Å². The minimum absolute atomic E-state index is 0.154. The quantitative estimate of drug-likeness (QED) is 0.807. The number of anilines is 3. The Kier molecular flexibility index (Phi) is 3.06. The Morgan fingerprint density at radius 2 is 1.95 bits per heavy atom. The second kappa shape index (κ2) is 4.60. The zero-order valence-electron chi connectivity index (χ0n) is 11.2. The SMILES string of the molecule is CN1c2cccnc2Nc2cc(C(F)(F)F)ccc2S1(=O)=O. The van der Waals surface area contributed by atoms with Crippen LogP contribution in [0, 0.1) is 0 Å². The van der Waals surface area contributed by atoms with Crippen LogP contribution in [0.2, 0.25) is 0 Å². The molecule has 0 atom stereocenters. The van der Waals surface area contributed by atoms with Crippen LogP contribution in [0.4, 0.5) is 30.4 Å². The van der Waals surface area contributed by atoms with Gasteiger partial charge in [0.25, 0.3) is 10.0 Å². The molecule has 1 N–H and O–H groups in total. The van der Waals surface area contributed by atoms with Crippen molar-refractivity contribution in [3.8, 4) is 0 Å². The summed E-state index contributed by atoms with van der Waals surface area (Å²) < 4.78 is 64.5. The number of rotatable bonds is 0. The molecule has 3 rings (SSSR count). The molecule has 0 bridgehead atoms. The minimum atomic E-state index is -4.56. The second-order valence-corrected chi connectivity index (χ2v) is 6.62. The molecule has 2 aromatic rings. The van der Waals surface area contributed by atoms with Crippen LogP contribution < -0.4 is 9.62 Å². The number of benzene rings is 1. The van der Waals surface area contributed by atoms with Crippen molar-refractivity contribution in [1.82, 2.24) is 4.98 Å². The van der Waals surface area contributed by atoms with E-state index in [0.717, 1.165) is 22.5 Å². The summed E-state index contributed by atoms with van der Waals surface area (Å²) in [7, 11) is -2.65. The molecule has 9 heteroatoms. The average molecular weight is 329 g/mol. The summed E-state index contributed by atoms with van der Waals surface area (Å²) in [6, 6.07) is 5.52. The zero-order chi connectivity index (χ0) is 16.1. The molecule has 0 aliphatic carbocycles. The highest BCUT2D eigenvalue weighted by Gasteiger charge is 2.35. The van der Waals surface area contributed by atoms with E-state index in [2.05, 4.69) is 10.3 Å². The predicted molar refractivity (Wildman–Crippen MR) is 74.6 cm³/mol. The summed E-state index contributed by atoms with van der Waals surface area (Å²) in [5, 5.41) is 2.67. The third-order valence-electron chi connectivity index (χ3n) is 3.32. The Bertz CT molecular complexity index is 850. The van der Waals surface area contributed by atoms with Crippen molar-refractivity contribution in [2.24, 2.45) is 0 Å². The number of nitrogens with zero attached hydrogens (tertiary/aromatic N) is 2. The molecule has 1 aliphatic heterocycles. The molecule has 0 radical (unpaired) electrons. The molecule has 0 fully saturated rings. The number of hydrogen-bond donors (Lipinski definition) is 1. The topological polar surface area (TPSA) is 62.3 Å². The van der Waals surface area contributed by atoms with Crippen molar-refractivity contribution in [3.63, 3.8) is 0 Å². The first-order chi connectivity index (χ1) is 10.2. The third kappa shape index (κ3) is 2.17. The summed E-state index contributed by atoms with van der Waals surface area (Å²) in [4.78, 5) is 3.75. The first-order valence-electron chi connectivity index (χ1n) is 6.13. The molecule has 22 heavy (non-hydrogen) atoms. The number of fused-ring (bicyclic) bond motifs is 2. The van der Waals surface area contributed by atoms with Gasteiger partial charge in [-0.2, -0.15) is 13.2 Å². The lowest BCUT2D eigenvalue weighted by atomic mass is 10.2. The molecule has 0 unspecified atom stereocenters. The minimum Gasteiger partial charge on any atom is -0.337 e. The number of aromatic nitrogens is 1. The maximum atomic E-state index is 12.8. The molecule has 1 aromatic carbocycles. The summed E-state index contributed by atoms with van der Waals surface area (Å²) in [6.45, 7) is 0. The molecule has 0 spiro atoms. The van der Waals surface area contributed by atoms with Crippen LogP contribution in [0.1, 0.15) is 5.56 Å². The van der Waals surface area contributed by atoms with E-state index < -0.39 is 21.8 Å². The molecular formula is C13H10F3N3O2S. The number of hydrogen-bond acceptors (Lipinski definition) is 4. The van der Waals surface area contributed by atoms with Crippen molar-refractivity contribution < 1.29 is 21.6 Å². The van der Waals surface area contributed by atoms with E-state index in [-0.39, 0.29) is 22.1 Å². The standard InChI is InChI=1S/C13H10F3N3O2S/c1-19-10-3-2-6-17-12(10)18-9-7-8(13(14,15)16)4-5-11(9)22(19,20)21/h2-7H,1H3,(H,17,18). The number of alkyl halides is 3. The van der Waals surface area contributed by atoms with Crippen LogP contribution in [-0.2, 0) is 16.2 Å². The van der Waals surface area contributed by atoms with E-state index in [4.69, 9.17) is 0 Å². The number of nitrogens with one attached hydrogen (secondary N) is 1. The average Bonchev–Trinajstić information content (AvgIpc) is 2.53. The molecule has 1 aliphatic rings. The van der Waals surface area contributed by atoms with E-state index in [0.29, 0.717) is 0 Å². The molecule has 0 amide bonds. The van der Waals surface area contributed by atoms with E-state index in [1.807, 2.05) is 0 Å². The summed E-state index contributed by atoms with van der Waals surface area (Å²) in [6.07, 6.45) is -3.14. The Morgan fingerprint density at radius 3 is 2.64 bits per heavy atom. The van der Waals surface area contributed by atoms with Crippen LogP contribution in [0.25, 0.3) is 0 Å². The summed E-state index contributed by atoms with van der Waals surface area (Å²) in [5.41, 5.74) is -0.831. The van der Waals surface area contributed by atoms with E-state index in [9.17, 15) is 21.6 Å². The Hall–Kier alpha value is -2.29. The Morgan fingerprint density at radius 1 is 1.23 bits per heavy atom. The van der Waals surface area contributed by atoms with Crippen LogP contribution in [0.3, 0.4) is 0 Å². The lowest BCUT2D eigenvalue weighted by Crippen LogP contribution is -2.25. The number of pyridine rings is 1. The van der Waals surface area contributed by atoms with Gasteiger partial charge in [-0.1, -0.05) is 0 Å². The van der Waals surface area contributed by atoms with E-state index in [1.165, 1.54) is 19.3 Å². The fourth-order valence-electron chi connectivity index (χ4n) is 2.18. The largest absolute Gasteiger partial charge is 0.416 e. The number of sulfonamides is 1.